The Labute approximate surface area is 149 Å². The molecule has 1 saturated carbocycles. The van der Waals surface area contributed by atoms with Crippen LogP contribution in [0.2, 0.25) is 0 Å². The molecule has 8 nitrogen and oxygen atoms in total. The second-order valence-corrected chi connectivity index (χ2v) is 6.04. The van der Waals surface area contributed by atoms with E-state index in [2.05, 4.69) is 25.7 Å². The van der Waals surface area contributed by atoms with E-state index in [-0.39, 0.29) is 17.7 Å². The van der Waals surface area contributed by atoms with Crippen LogP contribution in [-0.4, -0.2) is 31.6 Å². The molecule has 0 bridgehead atoms. The van der Waals surface area contributed by atoms with Gasteiger partial charge in [-0.1, -0.05) is 6.07 Å². The summed E-state index contributed by atoms with van der Waals surface area (Å²) < 4.78 is 1.53. The first kappa shape index (κ1) is 15.9. The number of nitrogens with one attached hydrogen (secondary N) is 2. The number of anilines is 2. The minimum atomic E-state index is -0.275. The molecule has 3 aromatic rings. The molecule has 26 heavy (non-hydrogen) atoms. The van der Waals surface area contributed by atoms with Gasteiger partial charge in [0.25, 0.3) is 5.91 Å². The van der Waals surface area contributed by atoms with Gasteiger partial charge in [0, 0.05) is 17.2 Å². The van der Waals surface area contributed by atoms with E-state index in [9.17, 15) is 9.59 Å². The zero-order valence-electron chi connectivity index (χ0n) is 13.8. The van der Waals surface area contributed by atoms with E-state index in [1.165, 1.54) is 11.0 Å². The summed E-state index contributed by atoms with van der Waals surface area (Å²) in [7, 11) is 0. The minimum Gasteiger partial charge on any atom is -0.326 e. The number of pyridine rings is 1. The first-order valence-corrected chi connectivity index (χ1v) is 8.22. The smallest absolute Gasteiger partial charge is 0.255 e. The summed E-state index contributed by atoms with van der Waals surface area (Å²) in [5.41, 5.74) is 1.64. The molecule has 1 aliphatic rings. The molecular weight excluding hydrogens is 332 g/mol. The number of hydrogen-bond acceptors (Lipinski definition) is 5. The van der Waals surface area contributed by atoms with Gasteiger partial charge in [0.2, 0.25) is 5.91 Å². The molecule has 0 aliphatic heterocycles. The Hall–Kier alpha value is -3.55. The molecule has 1 fully saturated rings. The van der Waals surface area contributed by atoms with Gasteiger partial charge in [0.15, 0.2) is 5.82 Å². The number of carbonyl (C=O) groups excluding carboxylic acids is 2. The van der Waals surface area contributed by atoms with Crippen molar-refractivity contribution in [1.82, 2.24) is 19.7 Å². The quantitative estimate of drug-likeness (QED) is 0.736. The van der Waals surface area contributed by atoms with Gasteiger partial charge in [-0.05, 0) is 43.2 Å². The van der Waals surface area contributed by atoms with Crippen molar-refractivity contribution >= 4 is 23.2 Å². The lowest BCUT2D eigenvalue weighted by Gasteiger charge is -2.08. The molecule has 130 valence electrons. The number of benzene rings is 1. The lowest BCUT2D eigenvalue weighted by Crippen LogP contribution is -2.15. The second-order valence-electron chi connectivity index (χ2n) is 6.04. The van der Waals surface area contributed by atoms with Crippen molar-refractivity contribution in [3.63, 3.8) is 0 Å². The third-order valence-electron chi connectivity index (χ3n) is 4.00. The van der Waals surface area contributed by atoms with Gasteiger partial charge in [0.1, 0.15) is 12.7 Å². The van der Waals surface area contributed by atoms with Crippen LogP contribution in [0.5, 0.6) is 0 Å². The highest BCUT2D eigenvalue weighted by molar-refractivity contribution is 6.05. The van der Waals surface area contributed by atoms with Crippen molar-refractivity contribution in [3.8, 4) is 5.82 Å². The first-order valence-electron chi connectivity index (χ1n) is 8.22. The average molecular weight is 348 g/mol. The standard InChI is InChI=1S/C18H16N6O2/c25-17(12-4-5-12)22-14-3-1-2-13(8-14)18(26)23-15-6-7-16(20-9-15)24-11-19-10-21-24/h1-3,6-12H,4-5H2,(H,22,25)(H,23,26). The van der Waals surface area contributed by atoms with Gasteiger partial charge in [-0.25, -0.2) is 14.6 Å². The Morgan fingerprint density at radius 3 is 2.65 bits per heavy atom. The third kappa shape index (κ3) is 3.59. The predicted octanol–water partition coefficient (Wildman–Crippen LogP) is 2.26. The van der Waals surface area contributed by atoms with Crippen LogP contribution in [0.15, 0.2) is 55.2 Å². The number of hydrogen-bond donors (Lipinski definition) is 2. The fraction of sp³-hybridized carbons (Fsp3) is 0.167. The van der Waals surface area contributed by atoms with Crippen LogP contribution >= 0.6 is 0 Å². The summed E-state index contributed by atoms with van der Waals surface area (Å²) in [6.45, 7) is 0. The maximum atomic E-state index is 12.4. The number of rotatable bonds is 5. The molecule has 0 spiro atoms. The van der Waals surface area contributed by atoms with Gasteiger partial charge in [-0.15, -0.1) is 0 Å². The number of carbonyl (C=O) groups is 2. The Morgan fingerprint density at radius 1 is 1.08 bits per heavy atom. The highest BCUT2D eigenvalue weighted by Crippen LogP contribution is 2.30. The SMILES string of the molecule is O=C(Nc1ccc(-n2cncn2)nc1)c1cccc(NC(=O)C2CC2)c1. The molecule has 0 unspecified atom stereocenters. The van der Waals surface area contributed by atoms with Crippen molar-refractivity contribution in [2.24, 2.45) is 5.92 Å². The van der Waals surface area contributed by atoms with E-state index < -0.39 is 0 Å². The van der Waals surface area contributed by atoms with Crippen LogP contribution in [0, 0.1) is 5.92 Å². The third-order valence-corrected chi connectivity index (χ3v) is 4.00. The normalized spacial score (nSPS) is 13.2. The molecule has 1 aromatic carbocycles. The maximum absolute atomic E-state index is 12.4. The molecule has 2 heterocycles. The van der Waals surface area contributed by atoms with Crippen LogP contribution in [0.4, 0.5) is 11.4 Å². The fourth-order valence-corrected chi connectivity index (χ4v) is 2.45. The topological polar surface area (TPSA) is 102 Å². The molecule has 1 aliphatic carbocycles. The minimum absolute atomic E-state index is 0.00968. The Morgan fingerprint density at radius 2 is 1.96 bits per heavy atom. The van der Waals surface area contributed by atoms with Gasteiger partial charge >= 0.3 is 0 Å². The van der Waals surface area contributed by atoms with E-state index in [4.69, 9.17) is 0 Å². The van der Waals surface area contributed by atoms with Crippen molar-refractivity contribution in [2.45, 2.75) is 12.8 Å². The monoisotopic (exact) mass is 348 g/mol. The van der Waals surface area contributed by atoms with Crippen molar-refractivity contribution < 1.29 is 9.59 Å². The molecular formula is C18H16N6O2. The zero-order valence-corrected chi connectivity index (χ0v) is 13.8. The van der Waals surface area contributed by atoms with Crippen molar-refractivity contribution in [2.75, 3.05) is 10.6 Å². The van der Waals surface area contributed by atoms with Gasteiger partial charge in [-0.3, -0.25) is 9.59 Å². The molecule has 0 radical (unpaired) electrons. The number of aromatic nitrogens is 4. The lowest BCUT2D eigenvalue weighted by molar-refractivity contribution is -0.117. The maximum Gasteiger partial charge on any atom is 0.255 e. The average Bonchev–Trinajstić information content (AvgIpc) is 3.38. The molecule has 2 N–H and O–H groups in total. The van der Waals surface area contributed by atoms with Crippen LogP contribution in [0.1, 0.15) is 23.2 Å². The lowest BCUT2D eigenvalue weighted by atomic mass is 10.2. The highest BCUT2D eigenvalue weighted by Gasteiger charge is 2.29. The molecule has 2 amide bonds. The summed E-state index contributed by atoms with van der Waals surface area (Å²) in [6.07, 6.45) is 6.38. The van der Waals surface area contributed by atoms with Gasteiger partial charge < -0.3 is 10.6 Å². The van der Waals surface area contributed by atoms with Gasteiger partial charge in [-0.2, -0.15) is 5.10 Å². The zero-order chi connectivity index (χ0) is 17.9. The highest BCUT2D eigenvalue weighted by atomic mass is 16.2. The van der Waals surface area contributed by atoms with E-state index in [0.717, 1.165) is 12.8 Å². The van der Waals surface area contributed by atoms with E-state index in [1.54, 1.807) is 48.9 Å². The Bertz CT molecular complexity index is 933. The Kier molecular flexibility index (Phi) is 4.14. The fourth-order valence-electron chi connectivity index (χ4n) is 2.45. The summed E-state index contributed by atoms with van der Waals surface area (Å²) in [6, 6.07) is 10.3. The van der Waals surface area contributed by atoms with Crippen LogP contribution in [0.3, 0.4) is 0 Å². The molecule has 4 rings (SSSR count). The summed E-state index contributed by atoms with van der Waals surface area (Å²) in [5.74, 6) is 0.450. The first-order chi connectivity index (χ1) is 12.7. The molecule has 0 atom stereocenters. The molecule has 8 heteroatoms. The Balaban J connectivity index is 1.43. The summed E-state index contributed by atoms with van der Waals surface area (Å²) in [4.78, 5) is 32.4. The van der Waals surface area contributed by atoms with E-state index in [0.29, 0.717) is 22.8 Å². The molecule has 2 aromatic heterocycles. The predicted molar refractivity (Wildman–Crippen MR) is 94.9 cm³/mol. The van der Waals surface area contributed by atoms with Crippen molar-refractivity contribution in [3.05, 3.63) is 60.8 Å². The van der Waals surface area contributed by atoms with Crippen molar-refractivity contribution in [1.29, 1.82) is 0 Å². The number of nitrogens with zero attached hydrogens (tertiary/aromatic N) is 4. The summed E-state index contributed by atoms with van der Waals surface area (Å²) >= 11 is 0. The van der Waals surface area contributed by atoms with Crippen LogP contribution in [-0.2, 0) is 4.79 Å². The van der Waals surface area contributed by atoms with E-state index in [1.807, 2.05) is 0 Å². The second kappa shape index (κ2) is 6.75. The molecule has 0 saturated heterocycles. The van der Waals surface area contributed by atoms with Gasteiger partial charge in [0.05, 0.1) is 11.9 Å². The van der Waals surface area contributed by atoms with Crippen LogP contribution < -0.4 is 10.6 Å². The largest absolute Gasteiger partial charge is 0.326 e. The van der Waals surface area contributed by atoms with Crippen LogP contribution in [0.25, 0.3) is 5.82 Å². The van der Waals surface area contributed by atoms with E-state index >= 15 is 0 Å². The summed E-state index contributed by atoms with van der Waals surface area (Å²) in [5, 5.41) is 9.62. The number of amides is 2.